The molecule has 0 heterocycles. The van der Waals surface area contributed by atoms with Gasteiger partial charge in [0.25, 0.3) is 0 Å². The molecule has 0 spiro atoms. The normalized spacial score (nSPS) is 10.1. The van der Waals surface area contributed by atoms with Crippen LogP contribution in [0.15, 0.2) is 12.1 Å². The zero-order valence-electron chi connectivity index (χ0n) is 11.9. The molecule has 1 aromatic carbocycles. The maximum absolute atomic E-state index is 8.59. The van der Waals surface area contributed by atoms with Gasteiger partial charge in [-0.2, -0.15) is 5.26 Å². The summed E-state index contributed by atoms with van der Waals surface area (Å²) in [7, 11) is 6.79. The maximum Gasteiger partial charge on any atom is 0.164 e. The standard InChI is InChI=1S/C14H20N2O3/c1-16(7-5-6-15)10-11-8-13(18-3)14(19-4)9-12(11)17-2/h8-9H,5,7,10H2,1-4H3. The SMILES string of the molecule is COc1cc(OC)c(OC)cc1CN(C)CCC#N. The van der Waals surface area contributed by atoms with Crippen LogP contribution in [-0.2, 0) is 6.54 Å². The highest BCUT2D eigenvalue weighted by Gasteiger charge is 2.13. The van der Waals surface area contributed by atoms with Crippen LogP contribution < -0.4 is 14.2 Å². The van der Waals surface area contributed by atoms with E-state index in [9.17, 15) is 0 Å². The third-order valence-electron chi connectivity index (χ3n) is 2.83. The van der Waals surface area contributed by atoms with Crippen molar-refractivity contribution in [2.75, 3.05) is 34.9 Å². The molecule has 19 heavy (non-hydrogen) atoms. The van der Waals surface area contributed by atoms with E-state index in [0.29, 0.717) is 31.0 Å². The predicted octanol–water partition coefficient (Wildman–Crippen LogP) is 2.06. The summed E-state index contributed by atoms with van der Waals surface area (Å²) >= 11 is 0. The van der Waals surface area contributed by atoms with Crippen molar-refractivity contribution in [1.29, 1.82) is 5.26 Å². The second-order valence-electron chi connectivity index (χ2n) is 4.16. The van der Waals surface area contributed by atoms with E-state index in [2.05, 4.69) is 11.0 Å². The van der Waals surface area contributed by atoms with Crippen LogP contribution in [-0.4, -0.2) is 39.8 Å². The van der Waals surface area contributed by atoms with Gasteiger partial charge in [-0.3, -0.25) is 0 Å². The van der Waals surface area contributed by atoms with Gasteiger partial charge in [0.2, 0.25) is 0 Å². The predicted molar refractivity (Wildman–Crippen MR) is 72.7 cm³/mol. The van der Waals surface area contributed by atoms with Crippen molar-refractivity contribution in [2.45, 2.75) is 13.0 Å². The highest BCUT2D eigenvalue weighted by Crippen LogP contribution is 2.35. The molecule has 0 atom stereocenters. The van der Waals surface area contributed by atoms with Crippen LogP contribution in [0.4, 0.5) is 0 Å². The monoisotopic (exact) mass is 264 g/mol. The molecule has 0 unspecified atom stereocenters. The third-order valence-corrected chi connectivity index (χ3v) is 2.83. The number of rotatable bonds is 7. The zero-order valence-corrected chi connectivity index (χ0v) is 11.9. The van der Waals surface area contributed by atoms with Crippen LogP contribution in [0.5, 0.6) is 17.2 Å². The van der Waals surface area contributed by atoms with Crippen molar-refractivity contribution in [3.63, 3.8) is 0 Å². The molecule has 0 N–H and O–H groups in total. The zero-order chi connectivity index (χ0) is 14.3. The minimum absolute atomic E-state index is 0.506. The first-order valence-electron chi connectivity index (χ1n) is 6.00. The van der Waals surface area contributed by atoms with Gasteiger partial charge in [-0.15, -0.1) is 0 Å². The molecule has 0 bridgehead atoms. The Kier molecular flexibility index (Phi) is 5.97. The maximum atomic E-state index is 8.59. The molecular weight excluding hydrogens is 244 g/mol. The molecule has 0 radical (unpaired) electrons. The average molecular weight is 264 g/mol. The van der Waals surface area contributed by atoms with Gasteiger partial charge in [0.15, 0.2) is 11.5 Å². The van der Waals surface area contributed by atoms with Gasteiger partial charge >= 0.3 is 0 Å². The largest absolute Gasteiger partial charge is 0.496 e. The molecule has 0 fully saturated rings. The highest BCUT2D eigenvalue weighted by atomic mass is 16.5. The van der Waals surface area contributed by atoms with Crippen molar-refractivity contribution in [1.82, 2.24) is 4.90 Å². The molecule has 0 aromatic heterocycles. The Bertz CT molecular complexity index is 455. The first kappa shape index (κ1) is 15.1. The number of nitrogens with zero attached hydrogens (tertiary/aromatic N) is 2. The van der Waals surface area contributed by atoms with Gasteiger partial charge in [0.05, 0.1) is 27.4 Å². The Morgan fingerprint density at radius 3 is 2.16 bits per heavy atom. The van der Waals surface area contributed by atoms with Gasteiger partial charge in [-0.05, 0) is 13.1 Å². The van der Waals surface area contributed by atoms with E-state index in [1.54, 1.807) is 21.3 Å². The number of hydrogen-bond acceptors (Lipinski definition) is 5. The molecule has 5 nitrogen and oxygen atoms in total. The first-order chi connectivity index (χ1) is 9.15. The fraction of sp³-hybridized carbons (Fsp3) is 0.500. The molecule has 5 heteroatoms. The minimum Gasteiger partial charge on any atom is -0.496 e. The fourth-order valence-electron chi connectivity index (χ4n) is 1.83. The van der Waals surface area contributed by atoms with Gasteiger partial charge < -0.3 is 19.1 Å². The molecule has 0 saturated heterocycles. The van der Waals surface area contributed by atoms with Crippen molar-refractivity contribution in [3.8, 4) is 23.3 Å². The lowest BCUT2D eigenvalue weighted by molar-refractivity contribution is 0.317. The van der Waals surface area contributed by atoms with Crippen LogP contribution >= 0.6 is 0 Å². The van der Waals surface area contributed by atoms with E-state index in [1.807, 2.05) is 19.2 Å². The quantitative estimate of drug-likeness (QED) is 0.754. The highest BCUT2D eigenvalue weighted by molar-refractivity contribution is 5.50. The Hall–Kier alpha value is -1.93. The van der Waals surface area contributed by atoms with E-state index >= 15 is 0 Å². The molecule has 0 amide bonds. The lowest BCUT2D eigenvalue weighted by Crippen LogP contribution is -2.19. The third kappa shape index (κ3) is 4.04. The molecule has 1 rings (SSSR count). The molecule has 104 valence electrons. The lowest BCUT2D eigenvalue weighted by Gasteiger charge is -2.19. The lowest BCUT2D eigenvalue weighted by atomic mass is 10.1. The molecule has 1 aromatic rings. The Morgan fingerprint density at radius 2 is 1.63 bits per heavy atom. The van der Waals surface area contributed by atoms with Crippen LogP contribution in [0.2, 0.25) is 0 Å². The second-order valence-corrected chi connectivity index (χ2v) is 4.16. The number of ether oxygens (including phenoxy) is 3. The Labute approximate surface area is 114 Å². The summed E-state index contributed by atoms with van der Waals surface area (Å²) in [5, 5.41) is 8.59. The number of nitriles is 1. The summed E-state index contributed by atoms with van der Waals surface area (Å²) in [4.78, 5) is 2.06. The van der Waals surface area contributed by atoms with Gasteiger partial charge in [0.1, 0.15) is 5.75 Å². The average Bonchev–Trinajstić information content (AvgIpc) is 2.44. The second kappa shape index (κ2) is 7.49. The molecule has 0 aliphatic rings. The van der Waals surface area contributed by atoms with Crippen LogP contribution in [0.1, 0.15) is 12.0 Å². The van der Waals surface area contributed by atoms with E-state index in [0.717, 1.165) is 11.3 Å². The van der Waals surface area contributed by atoms with Crippen molar-refractivity contribution >= 4 is 0 Å². The smallest absolute Gasteiger partial charge is 0.164 e. The summed E-state index contributed by atoms with van der Waals surface area (Å²) in [6.07, 6.45) is 0.506. The summed E-state index contributed by atoms with van der Waals surface area (Å²) in [6, 6.07) is 5.85. The molecule has 0 aliphatic heterocycles. The summed E-state index contributed by atoms with van der Waals surface area (Å²) in [5.41, 5.74) is 1.00. The summed E-state index contributed by atoms with van der Waals surface area (Å²) < 4.78 is 15.9. The number of hydrogen-bond donors (Lipinski definition) is 0. The van der Waals surface area contributed by atoms with Crippen molar-refractivity contribution in [2.24, 2.45) is 0 Å². The summed E-state index contributed by atoms with van der Waals surface area (Å²) in [5.74, 6) is 2.07. The van der Waals surface area contributed by atoms with Crippen molar-refractivity contribution in [3.05, 3.63) is 17.7 Å². The van der Waals surface area contributed by atoms with Gasteiger partial charge in [0, 0.05) is 31.1 Å². The summed E-state index contributed by atoms with van der Waals surface area (Å²) in [6.45, 7) is 1.40. The molecular formula is C14H20N2O3. The van der Waals surface area contributed by atoms with E-state index in [4.69, 9.17) is 19.5 Å². The van der Waals surface area contributed by atoms with Gasteiger partial charge in [-0.1, -0.05) is 0 Å². The van der Waals surface area contributed by atoms with E-state index < -0.39 is 0 Å². The first-order valence-corrected chi connectivity index (χ1v) is 6.00. The van der Waals surface area contributed by atoms with E-state index in [1.165, 1.54) is 0 Å². The number of benzene rings is 1. The van der Waals surface area contributed by atoms with Crippen LogP contribution in [0, 0.1) is 11.3 Å². The number of methoxy groups -OCH3 is 3. The van der Waals surface area contributed by atoms with E-state index in [-0.39, 0.29) is 0 Å². The van der Waals surface area contributed by atoms with Crippen molar-refractivity contribution < 1.29 is 14.2 Å². The topological polar surface area (TPSA) is 54.7 Å². The Morgan fingerprint density at radius 1 is 1.05 bits per heavy atom. The van der Waals surface area contributed by atoms with Gasteiger partial charge in [-0.25, -0.2) is 0 Å². The van der Waals surface area contributed by atoms with Crippen LogP contribution in [0.3, 0.4) is 0 Å². The molecule has 0 saturated carbocycles. The fourth-order valence-corrected chi connectivity index (χ4v) is 1.83. The Balaban J connectivity index is 2.95. The minimum atomic E-state index is 0.506. The van der Waals surface area contributed by atoms with Crippen LogP contribution in [0.25, 0.3) is 0 Å². The molecule has 0 aliphatic carbocycles.